The second-order valence-corrected chi connectivity index (χ2v) is 9.27. The van der Waals surface area contributed by atoms with Crippen LogP contribution in [0.4, 0.5) is 0 Å². The molecule has 0 spiro atoms. The molecule has 1 aliphatic carbocycles. The summed E-state index contributed by atoms with van der Waals surface area (Å²) in [5.41, 5.74) is 3.43. The van der Waals surface area contributed by atoms with E-state index in [-0.39, 0.29) is 5.91 Å². The predicted octanol–water partition coefficient (Wildman–Crippen LogP) is 4.23. The molecule has 1 saturated heterocycles. The molecule has 3 N–H and O–H groups in total. The molecule has 2 aliphatic rings. The number of carboxylic acids is 1. The maximum atomic E-state index is 11.4. The molecule has 3 rings (SSSR count). The first-order valence-electron chi connectivity index (χ1n) is 11.8. The van der Waals surface area contributed by atoms with E-state index in [4.69, 9.17) is 16.4 Å². The van der Waals surface area contributed by atoms with Crippen LogP contribution in [0.25, 0.3) is 0 Å². The fourth-order valence-corrected chi connectivity index (χ4v) is 5.10. The Morgan fingerprint density at radius 2 is 2.03 bits per heavy atom. The Bertz CT molecular complexity index is 804. The molecule has 0 radical (unpaired) electrons. The van der Waals surface area contributed by atoms with Gasteiger partial charge in [-0.05, 0) is 67.7 Å². The number of fused-ring (bicyclic) bond motifs is 1. The van der Waals surface area contributed by atoms with Gasteiger partial charge in [-0.25, -0.2) is 0 Å². The first-order valence-corrected chi connectivity index (χ1v) is 12.2. The van der Waals surface area contributed by atoms with Crippen LogP contribution in [0.3, 0.4) is 0 Å². The van der Waals surface area contributed by atoms with E-state index < -0.39 is 12.0 Å². The van der Waals surface area contributed by atoms with Crippen molar-refractivity contribution in [3.8, 4) is 0 Å². The molecule has 8 heteroatoms. The summed E-state index contributed by atoms with van der Waals surface area (Å²) >= 11 is 6.16. The fraction of sp³-hybridized carbons (Fsp3) is 0.600. The second kappa shape index (κ2) is 13.6. The van der Waals surface area contributed by atoms with Crippen LogP contribution in [0.1, 0.15) is 52.0 Å². The number of carbonyl (C=O) groups is 2. The zero-order valence-corrected chi connectivity index (χ0v) is 20.7. The number of hydroxylamine groups is 1. The molecule has 4 unspecified atom stereocenters. The number of benzene rings is 1. The van der Waals surface area contributed by atoms with E-state index in [1.54, 1.807) is 0 Å². The summed E-state index contributed by atoms with van der Waals surface area (Å²) in [5.74, 6) is 0.911. The average Bonchev–Trinajstić information content (AvgIpc) is 2.78. The highest BCUT2D eigenvalue weighted by atomic mass is 35.5. The Kier molecular flexibility index (Phi) is 11.2. The maximum absolute atomic E-state index is 11.4. The molecule has 0 bridgehead atoms. The zero-order valence-electron chi connectivity index (χ0n) is 20.0. The molecular weight excluding hydrogens is 442 g/mol. The number of amides is 1. The van der Waals surface area contributed by atoms with Crippen molar-refractivity contribution in [3.63, 3.8) is 0 Å². The van der Waals surface area contributed by atoms with Crippen molar-refractivity contribution < 1.29 is 19.5 Å². The summed E-state index contributed by atoms with van der Waals surface area (Å²) in [6.45, 7) is 12.1. The number of hydrogen-bond acceptors (Lipinski definition) is 5. The van der Waals surface area contributed by atoms with Gasteiger partial charge >= 0.3 is 5.97 Å². The van der Waals surface area contributed by atoms with Gasteiger partial charge in [-0.15, -0.1) is 0 Å². The van der Waals surface area contributed by atoms with Crippen LogP contribution in [0.2, 0.25) is 5.02 Å². The highest BCUT2D eigenvalue weighted by Gasteiger charge is 2.38. The Labute approximate surface area is 202 Å². The lowest BCUT2D eigenvalue weighted by Crippen LogP contribution is -2.50. The van der Waals surface area contributed by atoms with Crippen molar-refractivity contribution in [3.05, 3.63) is 47.2 Å². The largest absolute Gasteiger partial charge is 0.480 e. The number of nitrogens with one attached hydrogen (secondary N) is 2. The van der Waals surface area contributed by atoms with Crippen LogP contribution in [-0.4, -0.2) is 47.6 Å². The van der Waals surface area contributed by atoms with Crippen LogP contribution in [0.15, 0.2) is 36.6 Å². The highest BCUT2D eigenvalue weighted by Crippen LogP contribution is 2.39. The Morgan fingerprint density at radius 3 is 2.70 bits per heavy atom. The van der Waals surface area contributed by atoms with Crippen molar-refractivity contribution in [1.29, 1.82) is 0 Å². The van der Waals surface area contributed by atoms with Crippen molar-refractivity contribution >= 4 is 23.5 Å². The third-order valence-electron chi connectivity index (χ3n) is 6.26. The van der Waals surface area contributed by atoms with E-state index in [0.29, 0.717) is 48.0 Å². The van der Waals surface area contributed by atoms with E-state index in [9.17, 15) is 14.7 Å². The Morgan fingerprint density at radius 1 is 1.27 bits per heavy atom. The van der Waals surface area contributed by atoms with Crippen molar-refractivity contribution in [1.82, 2.24) is 15.7 Å². The first kappa shape index (κ1) is 27.2. The van der Waals surface area contributed by atoms with E-state index >= 15 is 0 Å². The van der Waals surface area contributed by atoms with Gasteiger partial charge in [0.1, 0.15) is 11.8 Å². The third-order valence-corrected chi connectivity index (χ3v) is 6.50. The van der Waals surface area contributed by atoms with Crippen LogP contribution in [0.5, 0.6) is 0 Å². The van der Waals surface area contributed by atoms with Crippen LogP contribution in [-0.2, 0) is 21.0 Å². The lowest BCUT2D eigenvalue weighted by atomic mass is 9.69. The fourth-order valence-electron chi connectivity index (χ4n) is 4.88. The number of aliphatic carboxylic acids is 1. The Balaban J connectivity index is 0.00000187. The summed E-state index contributed by atoms with van der Waals surface area (Å²) in [4.78, 5) is 30.1. The van der Waals surface area contributed by atoms with Gasteiger partial charge in [0.2, 0.25) is 5.91 Å². The van der Waals surface area contributed by atoms with Crippen LogP contribution < -0.4 is 10.8 Å². The van der Waals surface area contributed by atoms with Crippen LogP contribution in [0, 0.1) is 17.8 Å². The number of piperidine rings is 1. The first-order chi connectivity index (χ1) is 15.8. The van der Waals surface area contributed by atoms with Crippen molar-refractivity contribution in [2.75, 3.05) is 19.6 Å². The molecule has 1 amide bonds. The molecule has 7 nitrogen and oxygen atoms in total. The smallest absolute Gasteiger partial charge is 0.320 e. The standard InChI is InChI=1S/C23H32ClN3O4.C2H6/c1-15(31-26-16(2)28)12-27(13-17-4-3-5-21(24)9-17)14-18-6-7-19-11-25-22(23(29)30)10-20(19)8-18;1-2/h3-5,9,18-20,22,25H,1,6-8,10-14H2,2H3,(H,26,28)(H,29,30);1-2H3. The van der Waals surface area contributed by atoms with E-state index in [1.165, 1.54) is 6.92 Å². The number of halogens is 1. The molecule has 184 valence electrons. The minimum absolute atomic E-state index is 0.278. The third kappa shape index (κ3) is 8.99. The quantitative estimate of drug-likeness (QED) is 0.362. The number of carbonyl (C=O) groups excluding carboxylic acids is 1. The SMILES string of the molecule is C=C(CN(Cc1cccc(Cl)c1)CC1CCC2CNC(C(=O)O)CC2C1)ONC(C)=O.CC. The van der Waals surface area contributed by atoms with E-state index in [2.05, 4.69) is 22.3 Å². The molecule has 1 aliphatic heterocycles. The molecular formula is C25H38ClN3O4. The molecule has 1 aromatic rings. The van der Waals surface area contributed by atoms with Gasteiger partial charge in [0.05, 0.1) is 6.54 Å². The predicted molar refractivity (Wildman–Crippen MR) is 130 cm³/mol. The molecule has 33 heavy (non-hydrogen) atoms. The summed E-state index contributed by atoms with van der Waals surface area (Å²) in [6.07, 6.45) is 3.96. The lowest BCUT2D eigenvalue weighted by Gasteiger charge is -2.42. The molecule has 1 saturated carbocycles. The second-order valence-electron chi connectivity index (χ2n) is 8.83. The number of rotatable bonds is 9. The lowest BCUT2D eigenvalue weighted by molar-refractivity contribution is -0.141. The maximum Gasteiger partial charge on any atom is 0.320 e. The van der Waals surface area contributed by atoms with Crippen molar-refractivity contribution in [2.45, 2.75) is 59.0 Å². The molecule has 4 atom stereocenters. The van der Waals surface area contributed by atoms with Crippen LogP contribution >= 0.6 is 11.6 Å². The normalized spacial score (nSPS) is 24.2. The summed E-state index contributed by atoms with van der Waals surface area (Å²) in [5, 5.41) is 13.3. The monoisotopic (exact) mass is 479 g/mol. The van der Waals surface area contributed by atoms with Gasteiger partial charge in [0.25, 0.3) is 0 Å². The van der Waals surface area contributed by atoms with Gasteiger partial charge in [0, 0.05) is 25.0 Å². The van der Waals surface area contributed by atoms with Gasteiger partial charge in [0.15, 0.2) is 0 Å². The summed E-state index contributed by atoms with van der Waals surface area (Å²) < 4.78 is 0. The van der Waals surface area contributed by atoms with Gasteiger partial charge in [-0.2, -0.15) is 5.48 Å². The van der Waals surface area contributed by atoms with Gasteiger partial charge < -0.3 is 15.3 Å². The minimum atomic E-state index is -0.755. The average molecular weight is 480 g/mol. The Hall–Kier alpha value is -2.09. The summed E-state index contributed by atoms with van der Waals surface area (Å²) in [7, 11) is 0. The van der Waals surface area contributed by atoms with Gasteiger partial charge in [-0.3, -0.25) is 14.5 Å². The van der Waals surface area contributed by atoms with E-state index in [0.717, 1.165) is 37.9 Å². The number of hydrogen-bond donors (Lipinski definition) is 3. The number of carboxylic acid groups (broad SMARTS) is 1. The van der Waals surface area contributed by atoms with Crippen molar-refractivity contribution in [2.24, 2.45) is 17.8 Å². The molecule has 2 fully saturated rings. The highest BCUT2D eigenvalue weighted by molar-refractivity contribution is 6.30. The molecule has 0 aromatic heterocycles. The molecule has 1 heterocycles. The minimum Gasteiger partial charge on any atom is -0.480 e. The zero-order chi connectivity index (χ0) is 24.4. The molecule has 1 aromatic carbocycles. The topological polar surface area (TPSA) is 90.9 Å². The van der Waals surface area contributed by atoms with E-state index in [1.807, 2.05) is 38.1 Å². The van der Waals surface area contributed by atoms with Gasteiger partial charge in [-0.1, -0.05) is 44.2 Å². The summed E-state index contributed by atoms with van der Waals surface area (Å²) in [6, 6.07) is 7.34. The number of nitrogens with zero attached hydrogens (tertiary/aromatic N) is 1.